The van der Waals surface area contributed by atoms with E-state index in [4.69, 9.17) is 10.00 Å². The minimum Gasteiger partial charge on any atom is -0.436 e. The molecule has 2 heterocycles. The highest BCUT2D eigenvalue weighted by Crippen LogP contribution is 2.31. The van der Waals surface area contributed by atoms with Crippen LogP contribution in [0, 0.1) is 11.3 Å². The zero-order valence-electron chi connectivity index (χ0n) is 9.20. The van der Waals surface area contributed by atoms with Crippen LogP contribution in [-0.2, 0) is 0 Å². The lowest BCUT2D eigenvalue weighted by atomic mass is 10.2. The molecule has 0 radical (unpaired) electrons. The van der Waals surface area contributed by atoms with Gasteiger partial charge < -0.3 is 4.74 Å². The number of para-hydroxylation sites is 1. The van der Waals surface area contributed by atoms with Gasteiger partial charge in [-0.2, -0.15) is 5.26 Å². The molecular formula is C13H7N3OS. The summed E-state index contributed by atoms with van der Waals surface area (Å²) >= 11 is 1.51. The molecule has 0 unspecified atom stereocenters. The summed E-state index contributed by atoms with van der Waals surface area (Å²) in [5, 5.41) is 10.9. The first-order valence-corrected chi connectivity index (χ1v) is 6.11. The molecule has 0 spiro atoms. The molecule has 0 aliphatic heterocycles. The second kappa shape index (κ2) is 4.43. The minimum atomic E-state index is 0.484. The van der Waals surface area contributed by atoms with Crippen molar-refractivity contribution in [1.29, 1.82) is 5.26 Å². The molecule has 0 saturated heterocycles. The van der Waals surface area contributed by atoms with Gasteiger partial charge >= 0.3 is 0 Å². The Morgan fingerprint density at radius 1 is 1.17 bits per heavy atom. The Bertz CT molecular complexity index is 745. The van der Waals surface area contributed by atoms with E-state index in [1.165, 1.54) is 17.7 Å². The first kappa shape index (κ1) is 10.7. The molecule has 0 saturated carbocycles. The van der Waals surface area contributed by atoms with Gasteiger partial charge in [-0.1, -0.05) is 12.1 Å². The summed E-state index contributed by atoms with van der Waals surface area (Å²) in [6, 6.07) is 11.1. The quantitative estimate of drug-likeness (QED) is 0.702. The summed E-state index contributed by atoms with van der Waals surface area (Å²) in [6.07, 6.45) is 1.46. The molecule has 0 aliphatic rings. The van der Waals surface area contributed by atoms with Crippen molar-refractivity contribution in [3.8, 4) is 17.7 Å². The van der Waals surface area contributed by atoms with Gasteiger partial charge in [-0.3, -0.25) is 0 Å². The number of ether oxygens (including phenoxy) is 1. The lowest BCUT2D eigenvalue weighted by Crippen LogP contribution is -1.91. The number of benzene rings is 1. The Morgan fingerprint density at radius 2 is 2.06 bits per heavy atom. The van der Waals surface area contributed by atoms with Crippen molar-refractivity contribution in [2.24, 2.45) is 0 Å². The average Bonchev–Trinajstić information content (AvgIpc) is 2.89. The van der Waals surface area contributed by atoms with Crippen molar-refractivity contribution in [1.82, 2.24) is 9.97 Å². The molecule has 3 rings (SSSR count). The molecule has 0 atom stereocenters. The van der Waals surface area contributed by atoms with E-state index in [-0.39, 0.29) is 0 Å². The van der Waals surface area contributed by atoms with Crippen LogP contribution in [0.15, 0.2) is 42.0 Å². The molecule has 0 fully saturated rings. The molecule has 0 N–H and O–H groups in total. The van der Waals surface area contributed by atoms with Crippen LogP contribution in [-0.4, -0.2) is 9.97 Å². The van der Waals surface area contributed by atoms with Gasteiger partial charge in [0.05, 0.1) is 11.1 Å². The molecule has 5 heteroatoms. The van der Waals surface area contributed by atoms with Crippen molar-refractivity contribution in [3.63, 3.8) is 0 Å². The molecule has 4 nitrogen and oxygen atoms in total. The minimum absolute atomic E-state index is 0.484. The second-order valence-corrected chi connectivity index (χ2v) is 4.44. The Morgan fingerprint density at radius 3 is 2.94 bits per heavy atom. The Labute approximate surface area is 107 Å². The fraction of sp³-hybridized carbons (Fsp3) is 0. The van der Waals surface area contributed by atoms with Crippen LogP contribution in [0.1, 0.15) is 5.56 Å². The summed E-state index contributed by atoms with van der Waals surface area (Å²) in [5.41, 5.74) is 1.33. The molecular weight excluding hydrogens is 246 g/mol. The molecule has 86 valence electrons. The SMILES string of the molecule is N#Cc1ccccc1Oc1ncnc2ccsc12. The molecule has 0 bridgehead atoms. The summed E-state index contributed by atoms with van der Waals surface area (Å²) in [4.78, 5) is 8.26. The monoisotopic (exact) mass is 253 g/mol. The Balaban J connectivity index is 2.07. The van der Waals surface area contributed by atoms with Crippen LogP contribution >= 0.6 is 11.3 Å². The third-order valence-corrected chi connectivity index (χ3v) is 3.32. The number of nitrogens with zero attached hydrogens (tertiary/aromatic N) is 3. The molecule has 1 aromatic carbocycles. The predicted molar refractivity (Wildman–Crippen MR) is 68.6 cm³/mol. The molecule has 3 aromatic rings. The van der Waals surface area contributed by atoms with Gasteiger partial charge in [0.15, 0.2) is 0 Å². The number of thiophene rings is 1. The number of hydrogen-bond acceptors (Lipinski definition) is 5. The highest BCUT2D eigenvalue weighted by molar-refractivity contribution is 7.17. The van der Waals surface area contributed by atoms with Gasteiger partial charge in [-0.15, -0.1) is 11.3 Å². The van der Waals surface area contributed by atoms with E-state index in [2.05, 4.69) is 16.0 Å². The predicted octanol–water partition coefficient (Wildman–Crippen LogP) is 3.36. The number of hydrogen-bond donors (Lipinski definition) is 0. The van der Waals surface area contributed by atoms with Gasteiger partial charge in [0, 0.05) is 0 Å². The van der Waals surface area contributed by atoms with Gasteiger partial charge in [0.2, 0.25) is 5.88 Å². The van der Waals surface area contributed by atoms with Gasteiger partial charge in [0.25, 0.3) is 0 Å². The van der Waals surface area contributed by atoms with Crippen LogP contribution < -0.4 is 4.74 Å². The Kier molecular flexibility index (Phi) is 2.63. The topological polar surface area (TPSA) is 58.8 Å². The lowest BCUT2D eigenvalue weighted by molar-refractivity contribution is 0.467. The number of aromatic nitrogens is 2. The van der Waals surface area contributed by atoms with Crippen molar-refractivity contribution >= 4 is 21.6 Å². The fourth-order valence-electron chi connectivity index (χ4n) is 1.59. The lowest BCUT2D eigenvalue weighted by Gasteiger charge is -2.06. The van der Waals surface area contributed by atoms with Gasteiger partial charge in [-0.25, -0.2) is 9.97 Å². The normalized spacial score (nSPS) is 10.2. The van der Waals surface area contributed by atoms with E-state index in [9.17, 15) is 0 Å². The summed E-state index contributed by atoms with van der Waals surface area (Å²) in [6.45, 7) is 0. The van der Waals surface area contributed by atoms with E-state index in [0.717, 1.165) is 10.2 Å². The van der Waals surface area contributed by atoms with E-state index in [1.54, 1.807) is 18.2 Å². The first-order valence-electron chi connectivity index (χ1n) is 5.23. The third kappa shape index (κ3) is 1.79. The van der Waals surface area contributed by atoms with E-state index < -0.39 is 0 Å². The number of rotatable bonds is 2. The molecule has 0 amide bonds. The van der Waals surface area contributed by atoms with Crippen LogP contribution in [0.25, 0.3) is 10.2 Å². The largest absolute Gasteiger partial charge is 0.436 e. The number of nitriles is 1. The zero-order valence-corrected chi connectivity index (χ0v) is 10.0. The van der Waals surface area contributed by atoms with Gasteiger partial charge in [0.1, 0.15) is 22.8 Å². The third-order valence-electron chi connectivity index (χ3n) is 2.42. The standard InChI is InChI=1S/C13H7N3OS/c14-7-9-3-1-2-4-11(9)17-13-12-10(5-6-18-12)15-8-16-13/h1-6,8H. The van der Waals surface area contributed by atoms with E-state index >= 15 is 0 Å². The molecule has 18 heavy (non-hydrogen) atoms. The maximum absolute atomic E-state index is 9.01. The van der Waals surface area contributed by atoms with Crippen LogP contribution in [0.5, 0.6) is 11.6 Å². The van der Waals surface area contributed by atoms with Crippen molar-refractivity contribution in [2.45, 2.75) is 0 Å². The summed E-state index contributed by atoms with van der Waals surface area (Å²) in [5.74, 6) is 0.992. The average molecular weight is 253 g/mol. The van der Waals surface area contributed by atoms with Crippen molar-refractivity contribution in [3.05, 3.63) is 47.6 Å². The maximum atomic E-state index is 9.01. The number of fused-ring (bicyclic) bond motifs is 1. The fourth-order valence-corrected chi connectivity index (χ4v) is 2.36. The molecule has 2 aromatic heterocycles. The van der Waals surface area contributed by atoms with Crippen molar-refractivity contribution < 1.29 is 4.74 Å². The highest BCUT2D eigenvalue weighted by atomic mass is 32.1. The summed E-state index contributed by atoms with van der Waals surface area (Å²) < 4.78 is 6.59. The smallest absolute Gasteiger partial charge is 0.240 e. The highest BCUT2D eigenvalue weighted by Gasteiger charge is 2.09. The van der Waals surface area contributed by atoms with Crippen LogP contribution in [0.2, 0.25) is 0 Å². The summed E-state index contributed by atoms with van der Waals surface area (Å²) in [7, 11) is 0. The van der Waals surface area contributed by atoms with Gasteiger partial charge in [-0.05, 0) is 23.6 Å². The van der Waals surface area contributed by atoms with Crippen LogP contribution in [0.3, 0.4) is 0 Å². The van der Waals surface area contributed by atoms with E-state index in [0.29, 0.717) is 17.2 Å². The maximum Gasteiger partial charge on any atom is 0.240 e. The zero-order chi connectivity index (χ0) is 12.4. The van der Waals surface area contributed by atoms with Crippen molar-refractivity contribution in [2.75, 3.05) is 0 Å². The Hall–Kier alpha value is -2.45. The van der Waals surface area contributed by atoms with E-state index in [1.807, 2.05) is 17.5 Å². The second-order valence-electron chi connectivity index (χ2n) is 3.52. The van der Waals surface area contributed by atoms with Crippen LogP contribution in [0.4, 0.5) is 0 Å². The first-order chi connectivity index (χ1) is 8.88. The molecule has 0 aliphatic carbocycles.